The van der Waals surface area contributed by atoms with Crippen molar-refractivity contribution in [1.29, 1.82) is 0 Å². The molecule has 0 aliphatic carbocycles. The van der Waals surface area contributed by atoms with Crippen LogP contribution in [0.2, 0.25) is 0 Å². The van der Waals surface area contributed by atoms with Crippen LogP contribution in [0, 0.1) is 10.1 Å². The number of alkyl halides is 3. The van der Waals surface area contributed by atoms with E-state index in [0.717, 1.165) is 44.5 Å². The van der Waals surface area contributed by atoms with Gasteiger partial charge in [-0.05, 0) is 43.5 Å². The molecule has 0 N–H and O–H groups in total. The highest BCUT2D eigenvalue weighted by Gasteiger charge is 2.32. The highest BCUT2D eigenvalue weighted by atomic mass is 19.4. The summed E-state index contributed by atoms with van der Waals surface area (Å²) in [7, 11) is 0. The Labute approximate surface area is 189 Å². The molecule has 1 amide bonds. The smallest absolute Gasteiger partial charge is 0.371 e. The van der Waals surface area contributed by atoms with Crippen molar-refractivity contribution in [3.05, 3.63) is 63.7 Å². The molecule has 2 aliphatic rings. The molecule has 10 heteroatoms. The van der Waals surface area contributed by atoms with Gasteiger partial charge in [-0.2, -0.15) is 13.2 Å². The average Bonchev–Trinajstić information content (AvgIpc) is 2.83. The molecule has 0 radical (unpaired) electrons. The average molecular weight is 462 g/mol. The fraction of sp³-hybridized carbons (Fsp3) is 0.435. The second-order valence-corrected chi connectivity index (χ2v) is 8.33. The number of rotatable bonds is 4. The summed E-state index contributed by atoms with van der Waals surface area (Å²) in [6.45, 7) is 2.97. The Balaban J connectivity index is 1.51. The normalized spacial score (nSPS) is 17.2. The summed E-state index contributed by atoms with van der Waals surface area (Å²) in [6.07, 6.45) is -1.30. The molecule has 7 nitrogen and oxygen atoms in total. The third kappa shape index (κ3) is 5.04. The molecule has 2 aromatic rings. The molecule has 2 aliphatic heterocycles. The molecule has 2 saturated heterocycles. The van der Waals surface area contributed by atoms with Crippen molar-refractivity contribution >= 4 is 23.0 Å². The monoisotopic (exact) mass is 462 g/mol. The van der Waals surface area contributed by atoms with E-state index in [4.69, 9.17) is 0 Å². The molecule has 176 valence electrons. The number of carbonyl (C=O) groups is 1. The minimum Gasteiger partial charge on any atom is -0.371 e. The first kappa shape index (κ1) is 22.9. The molecule has 0 spiro atoms. The number of piperazine rings is 1. The zero-order valence-electron chi connectivity index (χ0n) is 18.1. The number of hydrogen-bond acceptors (Lipinski definition) is 5. The van der Waals surface area contributed by atoms with Crippen molar-refractivity contribution in [2.75, 3.05) is 49.1 Å². The first-order valence-electron chi connectivity index (χ1n) is 11.0. The zero-order chi connectivity index (χ0) is 23.6. The number of amides is 1. The summed E-state index contributed by atoms with van der Waals surface area (Å²) in [4.78, 5) is 29.7. The molecule has 0 unspecified atom stereocenters. The number of anilines is 2. The lowest BCUT2D eigenvalue weighted by atomic mass is 10.0. The van der Waals surface area contributed by atoms with Gasteiger partial charge in [-0.25, -0.2) is 0 Å². The Morgan fingerprint density at radius 3 is 2.21 bits per heavy atom. The van der Waals surface area contributed by atoms with Gasteiger partial charge in [-0.15, -0.1) is 0 Å². The number of carbonyl (C=O) groups excluding carboxylic acids is 1. The number of hydrogen-bond donors (Lipinski definition) is 0. The molecule has 2 heterocycles. The van der Waals surface area contributed by atoms with Gasteiger partial charge in [-0.1, -0.05) is 6.07 Å². The molecule has 33 heavy (non-hydrogen) atoms. The SMILES string of the molecule is O=C(c1cc([N+](=O)[O-])ccc1N1CCCCC1)N1CCN(c2cccc(C(F)(F)F)c2)CC1. The van der Waals surface area contributed by atoms with Crippen molar-refractivity contribution in [2.24, 2.45) is 0 Å². The Hall–Kier alpha value is -3.30. The Bertz CT molecular complexity index is 1030. The number of nitrogens with zero attached hydrogens (tertiary/aromatic N) is 4. The lowest BCUT2D eigenvalue weighted by Crippen LogP contribution is -2.49. The van der Waals surface area contributed by atoms with E-state index in [1.807, 2.05) is 4.90 Å². The number of nitro groups is 1. The van der Waals surface area contributed by atoms with Crippen LogP contribution in [0.1, 0.15) is 35.2 Å². The number of benzene rings is 2. The topological polar surface area (TPSA) is 69.9 Å². The van der Waals surface area contributed by atoms with Crippen LogP contribution in [0.3, 0.4) is 0 Å². The zero-order valence-corrected chi connectivity index (χ0v) is 18.1. The van der Waals surface area contributed by atoms with Crippen molar-refractivity contribution in [3.8, 4) is 0 Å². The van der Waals surface area contributed by atoms with E-state index >= 15 is 0 Å². The van der Waals surface area contributed by atoms with Crippen molar-refractivity contribution in [1.82, 2.24) is 4.90 Å². The van der Waals surface area contributed by atoms with E-state index in [1.54, 1.807) is 17.0 Å². The fourth-order valence-corrected chi connectivity index (χ4v) is 4.44. The molecule has 2 aromatic carbocycles. The maximum atomic E-state index is 13.4. The summed E-state index contributed by atoms with van der Waals surface area (Å²) in [5.74, 6) is -0.289. The molecule has 4 rings (SSSR count). The van der Waals surface area contributed by atoms with Crippen LogP contribution in [0.5, 0.6) is 0 Å². The molecule has 0 bridgehead atoms. The minimum absolute atomic E-state index is 0.137. The highest BCUT2D eigenvalue weighted by Crippen LogP contribution is 2.33. The first-order valence-corrected chi connectivity index (χ1v) is 11.0. The molecule has 2 fully saturated rings. The second kappa shape index (κ2) is 9.29. The van der Waals surface area contributed by atoms with Gasteiger partial charge < -0.3 is 14.7 Å². The highest BCUT2D eigenvalue weighted by molar-refractivity contribution is 6.00. The maximum absolute atomic E-state index is 13.4. The number of non-ortho nitro benzene ring substituents is 1. The number of halogens is 3. The van der Waals surface area contributed by atoms with Gasteiger partial charge in [0.25, 0.3) is 11.6 Å². The standard InChI is InChI=1S/C23H25F3N4O3/c24-23(25,26)17-5-4-6-18(15-17)27-11-13-29(14-12-27)22(31)20-16-19(30(32)33)7-8-21(20)28-9-2-1-3-10-28/h4-8,15-16H,1-3,9-14H2. The largest absolute Gasteiger partial charge is 0.416 e. The Morgan fingerprint density at radius 1 is 0.879 bits per heavy atom. The summed E-state index contributed by atoms with van der Waals surface area (Å²) in [5, 5.41) is 11.3. The number of nitro benzene ring substituents is 1. The molecule has 0 saturated carbocycles. The summed E-state index contributed by atoms with van der Waals surface area (Å²) >= 11 is 0. The third-order valence-electron chi connectivity index (χ3n) is 6.22. The van der Waals surface area contributed by atoms with Crippen molar-refractivity contribution < 1.29 is 22.9 Å². The fourth-order valence-electron chi connectivity index (χ4n) is 4.44. The summed E-state index contributed by atoms with van der Waals surface area (Å²) in [6, 6.07) is 9.57. The summed E-state index contributed by atoms with van der Waals surface area (Å²) in [5.41, 5.74) is 0.619. The minimum atomic E-state index is -4.42. The van der Waals surface area contributed by atoms with Crippen LogP contribution in [-0.4, -0.2) is 55.0 Å². The molecular formula is C23H25F3N4O3. The van der Waals surface area contributed by atoms with Crippen LogP contribution in [-0.2, 0) is 6.18 Å². The lowest BCUT2D eigenvalue weighted by Gasteiger charge is -2.37. The molecule has 0 aromatic heterocycles. The van der Waals surface area contributed by atoms with Gasteiger partial charge in [0, 0.05) is 57.1 Å². The van der Waals surface area contributed by atoms with Crippen LogP contribution in [0.25, 0.3) is 0 Å². The van der Waals surface area contributed by atoms with E-state index < -0.39 is 16.7 Å². The summed E-state index contributed by atoms with van der Waals surface area (Å²) < 4.78 is 39.1. The van der Waals surface area contributed by atoms with Crippen LogP contribution in [0.4, 0.5) is 30.2 Å². The van der Waals surface area contributed by atoms with E-state index in [0.29, 0.717) is 43.1 Å². The molecular weight excluding hydrogens is 437 g/mol. The predicted molar refractivity (Wildman–Crippen MR) is 119 cm³/mol. The van der Waals surface area contributed by atoms with Gasteiger partial charge >= 0.3 is 6.18 Å². The second-order valence-electron chi connectivity index (χ2n) is 8.33. The van der Waals surface area contributed by atoms with E-state index in [9.17, 15) is 28.1 Å². The van der Waals surface area contributed by atoms with Crippen molar-refractivity contribution in [2.45, 2.75) is 25.4 Å². The third-order valence-corrected chi connectivity index (χ3v) is 6.22. The first-order chi connectivity index (χ1) is 15.7. The Morgan fingerprint density at radius 2 is 1.58 bits per heavy atom. The van der Waals surface area contributed by atoms with Gasteiger partial charge in [0.2, 0.25) is 0 Å². The quantitative estimate of drug-likeness (QED) is 0.492. The van der Waals surface area contributed by atoms with Gasteiger partial charge in [-0.3, -0.25) is 14.9 Å². The maximum Gasteiger partial charge on any atom is 0.416 e. The number of piperidine rings is 1. The molecule has 0 atom stereocenters. The van der Waals surface area contributed by atoms with E-state index in [1.165, 1.54) is 18.2 Å². The Kier molecular flexibility index (Phi) is 6.44. The van der Waals surface area contributed by atoms with Gasteiger partial charge in [0.15, 0.2) is 0 Å². The predicted octanol–water partition coefficient (Wildman–Crippen LogP) is 4.57. The van der Waals surface area contributed by atoms with E-state index in [2.05, 4.69) is 4.90 Å². The lowest BCUT2D eigenvalue weighted by molar-refractivity contribution is -0.384. The van der Waals surface area contributed by atoms with Crippen LogP contribution >= 0.6 is 0 Å². The van der Waals surface area contributed by atoms with Crippen LogP contribution < -0.4 is 9.80 Å². The van der Waals surface area contributed by atoms with Crippen LogP contribution in [0.15, 0.2) is 42.5 Å². The van der Waals surface area contributed by atoms with E-state index in [-0.39, 0.29) is 11.6 Å². The van der Waals surface area contributed by atoms with Gasteiger partial charge in [0.05, 0.1) is 21.7 Å². The van der Waals surface area contributed by atoms with Crippen molar-refractivity contribution in [3.63, 3.8) is 0 Å². The van der Waals surface area contributed by atoms with Gasteiger partial charge in [0.1, 0.15) is 0 Å².